The number of nitrogens with zero attached hydrogens (tertiary/aromatic N) is 3. The quantitative estimate of drug-likeness (QED) is 0.258. The summed E-state index contributed by atoms with van der Waals surface area (Å²) in [6.45, 7) is 9.54. The van der Waals surface area contributed by atoms with Gasteiger partial charge in [-0.15, -0.1) is 24.0 Å². The fourth-order valence-corrected chi connectivity index (χ4v) is 3.48. The van der Waals surface area contributed by atoms with Gasteiger partial charge in [0.15, 0.2) is 5.96 Å². The van der Waals surface area contributed by atoms with E-state index in [1.807, 2.05) is 12.1 Å². The van der Waals surface area contributed by atoms with Crippen molar-refractivity contribution in [3.63, 3.8) is 0 Å². The molecule has 182 valence electrons. The van der Waals surface area contributed by atoms with Crippen molar-refractivity contribution in [1.29, 1.82) is 0 Å². The van der Waals surface area contributed by atoms with Crippen LogP contribution in [0.15, 0.2) is 29.3 Å². The average molecular weight is 562 g/mol. The number of morpholine rings is 1. The first-order valence-electron chi connectivity index (χ1n) is 11.1. The second kappa shape index (κ2) is 15.3. The number of hydrogen-bond donors (Lipinski definition) is 2. The molecular weight excluding hydrogens is 521 g/mol. The number of likely N-dealkylation sites (N-methyl/N-ethyl adjacent to an activating group) is 1. The van der Waals surface area contributed by atoms with Crippen LogP contribution in [-0.4, -0.2) is 94.9 Å². The van der Waals surface area contributed by atoms with Crippen molar-refractivity contribution in [2.75, 3.05) is 67.1 Å². The number of ether oxygens (including phenoxy) is 2. The molecule has 1 heterocycles. The summed E-state index contributed by atoms with van der Waals surface area (Å²) in [7, 11) is 5.16. The van der Waals surface area contributed by atoms with Gasteiger partial charge in [0.2, 0.25) is 5.91 Å². The number of carbonyl (C=O) groups is 1. The number of nitrogens with one attached hydrogen (secondary N) is 2. The average Bonchev–Trinajstić information content (AvgIpc) is 2.77. The first-order valence-corrected chi connectivity index (χ1v) is 11.1. The van der Waals surface area contributed by atoms with E-state index in [4.69, 9.17) is 9.47 Å². The van der Waals surface area contributed by atoms with Crippen LogP contribution < -0.4 is 15.4 Å². The predicted octanol–water partition coefficient (Wildman–Crippen LogP) is 1.84. The lowest BCUT2D eigenvalue weighted by Gasteiger charge is -2.37. The summed E-state index contributed by atoms with van der Waals surface area (Å²) >= 11 is 0. The highest BCUT2D eigenvalue weighted by molar-refractivity contribution is 14.0. The fraction of sp³-hybridized carbons (Fsp3) is 0.652. The third-order valence-electron chi connectivity index (χ3n) is 5.50. The van der Waals surface area contributed by atoms with Gasteiger partial charge in [0.25, 0.3) is 0 Å². The molecule has 1 fully saturated rings. The summed E-state index contributed by atoms with van der Waals surface area (Å²) in [6.07, 6.45) is 0.851. The van der Waals surface area contributed by atoms with Crippen molar-refractivity contribution in [3.05, 3.63) is 29.8 Å². The summed E-state index contributed by atoms with van der Waals surface area (Å²) in [5, 5.41) is 6.84. The number of benzene rings is 1. The molecule has 1 saturated heterocycles. The maximum absolute atomic E-state index is 12.0. The zero-order valence-electron chi connectivity index (χ0n) is 20.1. The normalized spacial score (nSPS) is 15.6. The highest BCUT2D eigenvalue weighted by atomic mass is 127. The van der Waals surface area contributed by atoms with Gasteiger partial charge >= 0.3 is 0 Å². The van der Waals surface area contributed by atoms with Gasteiger partial charge in [-0.25, -0.2) is 4.99 Å². The minimum atomic E-state index is -0.0233. The van der Waals surface area contributed by atoms with Crippen LogP contribution in [0.3, 0.4) is 0 Å². The highest BCUT2D eigenvalue weighted by Crippen LogP contribution is 2.13. The smallest absolute Gasteiger partial charge is 0.243 e. The monoisotopic (exact) mass is 561 g/mol. The highest BCUT2D eigenvalue weighted by Gasteiger charge is 2.24. The minimum Gasteiger partial charge on any atom is -0.497 e. The van der Waals surface area contributed by atoms with E-state index >= 15 is 0 Å². The van der Waals surface area contributed by atoms with Crippen LogP contribution in [0.25, 0.3) is 0 Å². The zero-order valence-corrected chi connectivity index (χ0v) is 22.4. The Hall–Kier alpha value is -1.59. The Morgan fingerprint density at radius 3 is 2.41 bits per heavy atom. The lowest BCUT2D eigenvalue weighted by molar-refractivity contribution is -0.127. The lowest BCUT2D eigenvalue weighted by Crippen LogP contribution is -2.52. The molecule has 0 aromatic heterocycles. The van der Waals surface area contributed by atoms with Gasteiger partial charge in [-0.3, -0.25) is 9.69 Å². The van der Waals surface area contributed by atoms with Crippen molar-refractivity contribution >= 4 is 35.8 Å². The second-order valence-corrected chi connectivity index (χ2v) is 8.32. The van der Waals surface area contributed by atoms with Crippen molar-refractivity contribution in [1.82, 2.24) is 20.4 Å². The molecule has 2 rings (SSSR count). The van der Waals surface area contributed by atoms with E-state index < -0.39 is 0 Å². The molecule has 0 saturated carbocycles. The number of hydrogen-bond acceptors (Lipinski definition) is 5. The van der Waals surface area contributed by atoms with E-state index in [1.54, 1.807) is 26.1 Å². The maximum atomic E-state index is 12.0. The van der Waals surface area contributed by atoms with Crippen LogP contribution in [0.1, 0.15) is 19.4 Å². The minimum absolute atomic E-state index is 0. The third kappa shape index (κ3) is 9.91. The number of amides is 1. The molecule has 1 atom stereocenters. The third-order valence-corrected chi connectivity index (χ3v) is 5.50. The number of rotatable bonds is 10. The Balaban J connectivity index is 0.00000512. The molecule has 1 aliphatic heterocycles. The molecule has 1 unspecified atom stereocenters. The SMILES string of the molecule is COc1ccc(CCNC(=NCC(=O)N(C)C)NCC(C(C)C)N2CCOCC2)cc1.I. The summed E-state index contributed by atoms with van der Waals surface area (Å²) in [5.74, 6) is 1.99. The van der Waals surface area contributed by atoms with Gasteiger partial charge in [0, 0.05) is 46.3 Å². The molecule has 2 N–H and O–H groups in total. The van der Waals surface area contributed by atoms with Crippen LogP contribution in [0.4, 0.5) is 0 Å². The molecule has 1 aromatic carbocycles. The topological polar surface area (TPSA) is 78.4 Å². The van der Waals surface area contributed by atoms with Crippen molar-refractivity contribution in [2.24, 2.45) is 10.9 Å². The van der Waals surface area contributed by atoms with Crippen LogP contribution in [-0.2, 0) is 16.0 Å². The molecule has 0 aliphatic carbocycles. The molecule has 1 aromatic rings. The predicted molar refractivity (Wildman–Crippen MR) is 140 cm³/mol. The van der Waals surface area contributed by atoms with Crippen LogP contribution in [0.5, 0.6) is 5.75 Å². The van der Waals surface area contributed by atoms with Crippen LogP contribution in [0.2, 0.25) is 0 Å². The summed E-state index contributed by atoms with van der Waals surface area (Å²) in [6, 6.07) is 8.44. The number of guanidine groups is 1. The van der Waals surface area contributed by atoms with E-state index in [0.717, 1.165) is 51.6 Å². The first kappa shape index (κ1) is 28.4. The zero-order chi connectivity index (χ0) is 22.6. The van der Waals surface area contributed by atoms with Gasteiger partial charge in [0.05, 0.1) is 20.3 Å². The van der Waals surface area contributed by atoms with Gasteiger partial charge in [-0.1, -0.05) is 26.0 Å². The van der Waals surface area contributed by atoms with Gasteiger partial charge in [-0.2, -0.15) is 0 Å². The van der Waals surface area contributed by atoms with Crippen molar-refractivity contribution in [3.8, 4) is 5.75 Å². The Morgan fingerprint density at radius 1 is 1.19 bits per heavy atom. The largest absolute Gasteiger partial charge is 0.497 e. The maximum Gasteiger partial charge on any atom is 0.243 e. The molecule has 8 nitrogen and oxygen atoms in total. The molecule has 0 spiro atoms. The number of aliphatic imine (C=N–C) groups is 1. The van der Waals surface area contributed by atoms with Crippen molar-refractivity contribution < 1.29 is 14.3 Å². The molecule has 32 heavy (non-hydrogen) atoms. The van der Waals surface area contributed by atoms with E-state index in [-0.39, 0.29) is 36.4 Å². The summed E-state index contributed by atoms with van der Waals surface area (Å²) < 4.78 is 10.7. The van der Waals surface area contributed by atoms with Gasteiger partial charge in [-0.05, 0) is 30.0 Å². The second-order valence-electron chi connectivity index (χ2n) is 8.32. The molecular formula is C23H40IN5O3. The first-order chi connectivity index (χ1) is 14.9. The lowest BCUT2D eigenvalue weighted by atomic mass is 10.0. The molecule has 0 radical (unpaired) electrons. The number of carbonyl (C=O) groups excluding carboxylic acids is 1. The van der Waals surface area contributed by atoms with Crippen molar-refractivity contribution in [2.45, 2.75) is 26.3 Å². The molecule has 1 aliphatic rings. The van der Waals surface area contributed by atoms with E-state index in [0.29, 0.717) is 17.9 Å². The van der Waals surface area contributed by atoms with Crippen LogP contribution in [0, 0.1) is 5.92 Å². The number of halogens is 1. The van der Waals surface area contributed by atoms with Crippen LogP contribution >= 0.6 is 24.0 Å². The Bertz CT molecular complexity index is 691. The summed E-state index contributed by atoms with van der Waals surface area (Å²) in [5.41, 5.74) is 1.21. The Morgan fingerprint density at radius 2 is 1.84 bits per heavy atom. The fourth-order valence-electron chi connectivity index (χ4n) is 3.48. The van der Waals surface area contributed by atoms with E-state index in [9.17, 15) is 4.79 Å². The molecule has 9 heteroatoms. The molecule has 0 bridgehead atoms. The number of methoxy groups -OCH3 is 1. The Kier molecular flexibility index (Phi) is 13.6. The van der Waals surface area contributed by atoms with E-state index in [2.05, 4.69) is 46.5 Å². The summed E-state index contributed by atoms with van der Waals surface area (Å²) in [4.78, 5) is 20.6. The van der Waals surface area contributed by atoms with Gasteiger partial charge in [0.1, 0.15) is 12.3 Å². The van der Waals surface area contributed by atoms with Gasteiger partial charge < -0.3 is 25.0 Å². The Labute approximate surface area is 210 Å². The van der Waals surface area contributed by atoms with E-state index in [1.165, 1.54) is 5.56 Å². The standard InChI is InChI=1S/C23H39N5O3.HI/c1-18(2)21(28-12-14-31-15-13-28)16-25-23(26-17-22(29)27(3)4)24-11-10-19-6-8-20(30-5)9-7-19;/h6-9,18,21H,10-17H2,1-5H3,(H2,24,25,26);1H. The molecule has 1 amide bonds.